The molecule has 31 heavy (non-hydrogen) atoms. The first-order valence-electron chi connectivity index (χ1n) is 9.51. The molecule has 1 amide bonds. The molecule has 0 unspecified atom stereocenters. The van der Waals surface area contributed by atoms with E-state index in [1.807, 2.05) is 36.4 Å². The number of carbonyl (C=O) groups excluding carboxylic acids is 1. The van der Waals surface area contributed by atoms with Gasteiger partial charge in [-0.05, 0) is 53.7 Å². The van der Waals surface area contributed by atoms with Crippen LogP contribution in [0, 0.1) is 5.82 Å². The van der Waals surface area contributed by atoms with Gasteiger partial charge in [-0.25, -0.2) is 9.38 Å². The Kier molecular flexibility index (Phi) is 6.33. The molecule has 0 aromatic heterocycles. The first-order valence-corrected chi connectivity index (χ1v) is 10.3. The summed E-state index contributed by atoms with van der Waals surface area (Å²) in [5.41, 5.74) is 1.96. The molecule has 1 N–H and O–H groups in total. The van der Waals surface area contributed by atoms with Crippen molar-refractivity contribution < 1.29 is 18.7 Å². The summed E-state index contributed by atoms with van der Waals surface area (Å²) >= 11 is 1.27. The lowest BCUT2D eigenvalue weighted by molar-refractivity contribution is -0.115. The maximum absolute atomic E-state index is 13.9. The molecule has 3 aromatic rings. The van der Waals surface area contributed by atoms with Crippen LogP contribution in [-0.2, 0) is 11.4 Å². The lowest BCUT2D eigenvalue weighted by Crippen LogP contribution is -2.19. The van der Waals surface area contributed by atoms with Crippen LogP contribution in [0.2, 0.25) is 0 Å². The first-order chi connectivity index (χ1) is 15.1. The number of hydrogen-bond donors (Lipinski definition) is 1. The number of rotatable bonds is 6. The summed E-state index contributed by atoms with van der Waals surface area (Å²) < 4.78 is 25.0. The third-order valence-corrected chi connectivity index (χ3v) is 5.37. The normalized spacial score (nSPS) is 15.9. The quantitative estimate of drug-likeness (QED) is 0.535. The van der Waals surface area contributed by atoms with Crippen LogP contribution in [-0.4, -0.2) is 18.2 Å². The van der Waals surface area contributed by atoms with Crippen LogP contribution in [0.1, 0.15) is 11.1 Å². The smallest absolute Gasteiger partial charge is 0.264 e. The van der Waals surface area contributed by atoms with Crippen molar-refractivity contribution in [1.29, 1.82) is 0 Å². The van der Waals surface area contributed by atoms with E-state index >= 15 is 0 Å². The van der Waals surface area contributed by atoms with E-state index < -0.39 is 0 Å². The molecule has 1 heterocycles. The minimum Gasteiger partial charge on any atom is -0.493 e. The first kappa shape index (κ1) is 20.7. The van der Waals surface area contributed by atoms with Gasteiger partial charge in [-0.2, -0.15) is 0 Å². The highest BCUT2D eigenvalue weighted by Gasteiger charge is 2.24. The van der Waals surface area contributed by atoms with Gasteiger partial charge in [0.15, 0.2) is 16.7 Å². The molecule has 3 aromatic carbocycles. The number of hydrogen-bond acceptors (Lipinski definition) is 5. The number of aliphatic imine (C=N–C) groups is 1. The van der Waals surface area contributed by atoms with Crippen molar-refractivity contribution in [3.63, 3.8) is 0 Å². The van der Waals surface area contributed by atoms with Crippen molar-refractivity contribution in [2.75, 3.05) is 7.11 Å². The largest absolute Gasteiger partial charge is 0.493 e. The van der Waals surface area contributed by atoms with Crippen LogP contribution in [0.15, 0.2) is 82.7 Å². The predicted molar refractivity (Wildman–Crippen MR) is 121 cm³/mol. The van der Waals surface area contributed by atoms with Gasteiger partial charge in [0.05, 0.1) is 17.7 Å². The number of nitrogens with one attached hydrogen (secondary N) is 1. The van der Waals surface area contributed by atoms with E-state index in [-0.39, 0.29) is 18.3 Å². The molecule has 4 rings (SSSR count). The Morgan fingerprint density at radius 3 is 2.58 bits per heavy atom. The number of amides is 1. The summed E-state index contributed by atoms with van der Waals surface area (Å²) in [6.07, 6.45) is 1.75. The van der Waals surface area contributed by atoms with Gasteiger partial charge in [-0.1, -0.05) is 42.5 Å². The van der Waals surface area contributed by atoms with Gasteiger partial charge in [0.1, 0.15) is 12.4 Å². The highest BCUT2D eigenvalue weighted by molar-refractivity contribution is 8.18. The predicted octanol–water partition coefficient (Wildman–Crippen LogP) is 5.30. The molecule has 5 nitrogen and oxygen atoms in total. The lowest BCUT2D eigenvalue weighted by Gasteiger charge is -2.12. The lowest BCUT2D eigenvalue weighted by atomic mass is 10.1. The molecule has 0 spiro atoms. The van der Waals surface area contributed by atoms with Gasteiger partial charge in [0, 0.05) is 5.56 Å². The fourth-order valence-corrected chi connectivity index (χ4v) is 3.76. The average Bonchev–Trinajstić information content (AvgIpc) is 3.12. The number of ether oxygens (including phenoxy) is 2. The molecule has 156 valence electrons. The fraction of sp³-hybridized carbons (Fsp3) is 0.0833. The van der Waals surface area contributed by atoms with E-state index in [9.17, 15) is 9.18 Å². The van der Waals surface area contributed by atoms with Crippen molar-refractivity contribution in [3.8, 4) is 11.5 Å². The monoisotopic (exact) mass is 434 g/mol. The maximum Gasteiger partial charge on any atom is 0.264 e. The zero-order valence-corrected chi connectivity index (χ0v) is 17.5. The highest BCUT2D eigenvalue weighted by atomic mass is 32.2. The molecule has 1 saturated heterocycles. The highest BCUT2D eigenvalue weighted by Crippen LogP contribution is 2.32. The summed E-state index contributed by atoms with van der Waals surface area (Å²) in [7, 11) is 1.54. The number of benzene rings is 3. The van der Waals surface area contributed by atoms with E-state index in [0.29, 0.717) is 27.1 Å². The number of para-hydroxylation sites is 1. The Labute approximate surface area is 183 Å². The molecule has 0 bridgehead atoms. The maximum atomic E-state index is 13.9. The Morgan fingerprint density at radius 1 is 1.03 bits per heavy atom. The zero-order valence-electron chi connectivity index (χ0n) is 16.7. The van der Waals surface area contributed by atoms with E-state index in [2.05, 4.69) is 10.3 Å². The third-order valence-electron chi connectivity index (χ3n) is 4.46. The van der Waals surface area contributed by atoms with Crippen molar-refractivity contribution in [3.05, 3.63) is 94.6 Å². The number of amidine groups is 1. The average molecular weight is 434 g/mol. The van der Waals surface area contributed by atoms with Gasteiger partial charge in [0.2, 0.25) is 0 Å². The van der Waals surface area contributed by atoms with Crippen molar-refractivity contribution in [2.24, 2.45) is 4.99 Å². The van der Waals surface area contributed by atoms with Crippen molar-refractivity contribution in [1.82, 2.24) is 5.32 Å². The van der Waals surface area contributed by atoms with Gasteiger partial charge in [-0.15, -0.1) is 0 Å². The minimum atomic E-state index is -0.330. The van der Waals surface area contributed by atoms with Crippen LogP contribution >= 0.6 is 11.8 Å². The molecule has 0 radical (unpaired) electrons. The Hall–Kier alpha value is -3.58. The molecule has 1 fully saturated rings. The third kappa shape index (κ3) is 5.13. The summed E-state index contributed by atoms with van der Waals surface area (Å²) in [5.74, 6) is 0.434. The fourth-order valence-electron chi connectivity index (χ4n) is 2.92. The van der Waals surface area contributed by atoms with Gasteiger partial charge >= 0.3 is 0 Å². The number of carbonyl (C=O) groups is 1. The molecule has 1 aliphatic heterocycles. The molecular weight excluding hydrogens is 415 g/mol. The van der Waals surface area contributed by atoms with Crippen LogP contribution < -0.4 is 14.8 Å². The van der Waals surface area contributed by atoms with Crippen molar-refractivity contribution >= 4 is 34.6 Å². The van der Waals surface area contributed by atoms with E-state index in [1.165, 1.54) is 24.9 Å². The van der Waals surface area contributed by atoms with Gasteiger partial charge in [-0.3, -0.25) is 4.79 Å². The van der Waals surface area contributed by atoms with E-state index in [4.69, 9.17) is 9.47 Å². The summed E-state index contributed by atoms with van der Waals surface area (Å²) in [5, 5.41) is 3.29. The van der Waals surface area contributed by atoms with Crippen LogP contribution in [0.3, 0.4) is 0 Å². The van der Waals surface area contributed by atoms with Crippen LogP contribution in [0.5, 0.6) is 11.5 Å². The van der Waals surface area contributed by atoms with E-state index in [1.54, 1.807) is 36.4 Å². The number of methoxy groups -OCH3 is 1. The second-order valence-corrected chi connectivity index (χ2v) is 7.64. The number of nitrogens with zero attached hydrogens (tertiary/aromatic N) is 1. The Morgan fingerprint density at radius 2 is 1.81 bits per heavy atom. The molecule has 1 aliphatic rings. The molecular formula is C24H19FN2O3S. The SMILES string of the molecule is COc1ccc(C=C2SC(=Nc3ccccc3)NC2=O)cc1OCc1ccccc1F. The zero-order chi connectivity index (χ0) is 21.6. The molecule has 0 saturated carbocycles. The standard InChI is InChI=1S/C24H19FN2O3S/c1-29-20-12-11-16(13-21(20)30-15-17-7-5-6-10-19(17)25)14-22-23(28)27-24(31-22)26-18-8-3-2-4-9-18/h2-14H,15H2,1H3,(H,26,27,28). The van der Waals surface area contributed by atoms with Gasteiger partial charge in [0.25, 0.3) is 5.91 Å². The van der Waals surface area contributed by atoms with Crippen LogP contribution in [0.25, 0.3) is 6.08 Å². The number of thioether (sulfide) groups is 1. The Balaban J connectivity index is 1.53. The van der Waals surface area contributed by atoms with Gasteiger partial charge < -0.3 is 14.8 Å². The van der Waals surface area contributed by atoms with E-state index in [0.717, 1.165) is 11.3 Å². The second kappa shape index (κ2) is 9.49. The summed E-state index contributed by atoms with van der Waals surface area (Å²) in [4.78, 5) is 17.3. The Bertz CT molecular complexity index is 1160. The minimum absolute atomic E-state index is 0.0617. The second-order valence-electron chi connectivity index (χ2n) is 6.61. The summed E-state index contributed by atoms with van der Waals surface area (Å²) in [6.45, 7) is 0.0617. The van der Waals surface area contributed by atoms with Crippen molar-refractivity contribution in [2.45, 2.75) is 6.61 Å². The molecule has 7 heteroatoms. The summed E-state index contributed by atoms with van der Waals surface area (Å²) in [6, 6.07) is 21.2. The topological polar surface area (TPSA) is 59.9 Å². The molecule has 0 aliphatic carbocycles. The number of halogens is 1. The van der Waals surface area contributed by atoms with Crippen LogP contribution in [0.4, 0.5) is 10.1 Å². The molecule has 0 atom stereocenters.